The minimum Gasteiger partial charge on any atom is -0.381 e. The third kappa shape index (κ3) is 5.60. The second-order valence-corrected chi connectivity index (χ2v) is 5.77. The minimum atomic E-state index is 0.624. The topological polar surface area (TPSA) is 24.5 Å². The van der Waals surface area contributed by atoms with Crippen LogP contribution < -0.4 is 5.32 Å². The molecular formula is C13H28N2OS. The first-order valence-electron chi connectivity index (χ1n) is 6.86. The van der Waals surface area contributed by atoms with E-state index in [9.17, 15) is 0 Å². The lowest BCUT2D eigenvalue weighted by Crippen LogP contribution is -2.36. The summed E-state index contributed by atoms with van der Waals surface area (Å²) in [6, 6.07) is 0.624. The molecule has 17 heavy (non-hydrogen) atoms. The molecule has 0 spiro atoms. The van der Waals surface area contributed by atoms with Crippen molar-refractivity contribution in [3.05, 3.63) is 0 Å². The van der Waals surface area contributed by atoms with Gasteiger partial charge in [0.15, 0.2) is 0 Å². The molecule has 0 radical (unpaired) electrons. The summed E-state index contributed by atoms with van der Waals surface area (Å²) in [6.07, 6.45) is 1.22. The summed E-state index contributed by atoms with van der Waals surface area (Å²) >= 11 is 2.07. The van der Waals surface area contributed by atoms with Crippen molar-refractivity contribution in [2.24, 2.45) is 5.92 Å². The van der Waals surface area contributed by atoms with Crippen LogP contribution in [0.5, 0.6) is 0 Å². The largest absolute Gasteiger partial charge is 0.381 e. The van der Waals surface area contributed by atoms with Gasteiger partial charge in [0.1, 0.15) is 0 Å². The van der Waals surface area contributed by atoms with E-state index in [1.165, 1.54) is 37.6 Å². The summed E-state index contributed by atoms with van der Waals surface area (Å²) in [5.74, 6) is 3.18. The smallest absolute Gasteiger partial charge is 0.0510 e. The average molecular weight is 260 g/mol. The van der Waals surface area contributed by atoms with Crippen molar-refractivity contribution < 1.29 is 4.74 Å². The van der Waals surface area contributed by atoms with Crippen molar-refractivity contribution in [3.8, 4) is 0 Å². The molecule has 1 aliphatic heterocycles. The highest BCUT2D eigenvalue weighted by Gasteiger charge is 2.24. The van der Waals surface area contributed by atoms with Gasteiger partial charge in [0.05, 0.1) is 6.61 Å². The van der Waals surface area contributed by atoms with Crippen LogP contribution in [0.25, 0.3) is 0 Å². The van der Waals surface area contributed by atoms with Gasteiger partial charge in [-0.1, -0.05) is 13.8 Å². The highest BCUT2D eigenvalue weighted by Crippen LogP contribution is 2.19. The van der Waals surface area contributed by atoms with Gasteiger partial charge in [0.25, 0.3) is 0 Å². The van der Waals surface area contributed by atoms with E-state index in [2.05, 4.69) is 42.9 Å². The van der Waals surface area contributed by atoms with E-state index < -0.39 is 0 Å². The fourth-order valence-electron chi connectivity index (χ4n) is 2.27. The molecule has 1 fully saturated rings. The fourth-order valence-corrected chi connectivity index (χ4v) is 3.52. The Morgan fingerprint density at radius 2 is 2.18 bits per heavy atom. The molecule has 0 aromatic heterocycles. The van der Waals surface area contributed by atoms with E-state index >= 15 is 0 Å². The Kier molecular flexibility index (Phi) is 8.27. The van der Waals surface area contributed by atoms with Crippen LogP contribution in [0.1, 0.15) is 20.3 Å². The molecule has 0 amide bonds. The van der Waals surface area contributed by atoms with Gasteiger partial charge in [0, 0.05) is 36.6 Å². The standard InChI is InChI=1S/C13H28N2OS/c1-4-15(5-2)7-9-17-11-13(14-3)12-6-8-16-10-12/h12-14H,4-11H2,1-3H3. The van der Waals surface area contributed by atoms with E-state index in [-0.39, 0.29) is 0 Å². The number of rotatable bonds is 9. The lowest BCUT2D eigenvalue weighted by molar-refractivity contribution is 0.180. The van der Waals surface area contributed by atoms with Crippen LogP contribution in [0.3, 0.4) is 0 Å². The molecular weight excluding hydrogens is 232 g/mol. The number of hydrogen-bond acceptors (Lipinski definition) is 4. The molecule has 1 heterocycles. The number of thioether (sulfide) groups is 1. The molecule has 102 valence electrons. The van der Waals surface area contributed by atoms with Crippen LogP contribution in [-0.2, 0) is 4.74 Å². The van der Waals surface area contributed by atoms with Gasteiger partial charge in [-0.15, -0.1) is 0 Å². The normalized spacial score (nSPS) is 22.2. The molecule has 0 bridgehead atoms. The van der Waals surface area contributed by atoms with Crippen molar-refractivity contribution >= 4 is 11.8 Å². The van der Waals surface area contributed by atoms with Crippen molar-refractivity contribution in [1.29, 1.82) is 0 Å². The molecule has 2 atom stereocenters. The minimum absolute atomic E-state index is 0.624. The fraction of sp³-hybridized carbons (Fsp3) is 1.00. The molecule has 3 nitrogen and oxygen atoms in total. The molecule has 0 aromatic rings. The molecule has 2 unspecified atom stereocenters. The van der Waals surface area contributed by atoms with Crippen LogP contribution in [0, 0.1) is 5.92 Å². The monoisotopic (exact) mass is 260 g/mol. The van der Waals surface area contributed by atoms with Gasteiger partial charge in [-0.2, -0.15) is 11.8 Å². The Labute approximate surface area is 111 Å². The molecule has 0 saturated carbocycles. The Balaban J connectivity index is 2.10. The van der Waals surface area contributed by atoms with E-state index in [0.717, 1.165) is 19.1 Å². The summed E-state index contributed by atoms with van der Waals surface area (Å²) in [6.45, 7) is 9.93. The van der Waals surface area contributed by atoms with Gasteiger partial charge in [-0.05, 0) is 26.6 Å². The second kappa shape index (κ2) is 9.20. The quantitative estimate of drug-likeness (QED) is 0.638. The van der Waals surface area contributed by atoms with Crippen molar-refractivity contribution in [1.82, 2.24) is 10.2 Å². The predicted molar refractivity (Wildman–Crippen MR) is 76.9 cm³/mol. The first kappa shape index (κ1) is 15.3. The van der Waals surface area contributed by atoms with Gasteiger partial charge in [0.2, 0.25) is 0 Å². The Hall–Kier alpha value is 0.230. The predicted octanol–water partition coefficient (Wildman–Crippen LogP) is 1.69. The first-order chi connectivity index (χ1) is 8.31. The maximum atomic E-state index is 5.46. The lowest BCUT2D eigenvalue weighted by atomic mass is 10.0. The highest BCUT2D eigenvalue weighted by molar-refractivity contribution is 7.99. The van der Waals surface area contributed by atoms with Crippen LogP contribution in [-0.4, -0.2) is 62.3 Å². The van der Waals surface area contributed by atoms with Crippen LogP contribution in [0.4, 0.5) is 0 Å². The van der Waals surface area contributed by atoms with Gasteiger partial charge < -0.3 is 15.0 Å². The molecule has 4 heteroatoms. The number of nitrogens with one attached hydrogen (secondary N) is 1. The Morgan fingerprint density at radius 1 is 1.41 bits per heavy atom. The third-order valence-corrected chi connectivity index (χ3v) is 4.71. The number of nitrogens with zero attached hydrogens (tertiary/aromatic N) is 1. The molecule has 1 saturated heterocycles. The summed E-state index contributed by atoms with van der Waals surface area (Å²) < 4.78 is 5.46. The average Bonchev–Trinajstić information content (AvgIpc) is 2.88. The summed E-state index contributed by atoms with van der Waals surface area (Å²) in [5, 5.41) is 3.45. The van der Waals surface area contributed by atoms with E-state index in [1.54, 1.807) is 0 Å². The molecule has 1 N–H and O–H groups in total. The molecule has 1 rings (SSSR count). The molecule has 0 aromatic carbocycles. The van der Waals surface area contributed by atoms with Crippen LogP contribution >= 0.6 is 11.8 Å². The zero-order chi connectivity index (χ0) is 12.5. The van der Waals surface area contributed by atoms with E-state index in [4.69, 9.17) is 4.74 Å². The van der Waals surface area contributed by atoms with Crippen LogP contribution in [0.2, 0.25) is 0 Å². The number of hydrogen-bond donors (Lipinski definition) is 1. The highest BCUT2D eigenvalue weighted by atomic mass is 32.2. The first-order valence-corrected chi connectivity index (χ1v) is 8.02. The van der Waals surface area contributed by atoms with Crippen molar-refractivity contribution in [3.63, 3.8) is 0 Å². The summed E-state index contributed by atoms with van der Waals surface area (Å²) in [5.41, 5.74) is 0. The third-order valence-electron chi connectivity index (χ3n) is 3.65. The SMILES string of the molecule is CCN(CC)CCSCC(NC)C1CCOC1. The van der Waals surface area contributed by atoms with Gasteiger partial charge in [-0.3, -0.25) is 0 Å². The van der Waals surface area contributed by atoms with Gasteiger partial charge in [-0.25, -0.2) is 0 Å². The maximum Gasteiger partial charge on any atom is 0.0510 e. The lowest BCUT2D eigenvalue weighted by Gasteiger charge is -2.22. The molecule has 1 aliphatic rings. The Bertz CT molecular complexity index is 182. The molecule has 0 aliphatic carbocycles. The van der Waals surface area contributed by atoms with Gasteiger partial charge >= 0.3 is 0 Å². The van der Waals surface area contributed by atoms with Crippen molar-refractivity contribution in [2.75, 3.05) is 51.4 Å². The zero-order valence-electron chi connectivity index (χ0n) is 11.6. The van der Waals surface area contributed by atoms with E-state index in [0.29, 0.717) is 6.04 Å². The second-order valence-electron chi connectivity index (χ2n) is 4.62. The van der Waals surface area contributed by atoms with E-state index in [1.807, 2.05) is 0 Å². The van der Waals surface area contributed by atoms with Crippen LogP contribution in [0.15, 0.2) is 0 Å². The number of ether oxygens (including phenoxy) is 1. The van der Waals surface area contributed by atoms with Crippen molar-refractivity contribution in [2.45, 2.75) is 26.3 Å². The summed E-state index contributed by atoms with van der Waals surface area (Å²) in [7, 11) is 2.08. The zero-order valence-corrected chi connectivity index (χ0v) is 12.4. The maximum absolute atomic E-state index is 5.46. The Morgan fingerprint density at radius 3 is 2.71 bits per heavy atom. The summed E-state index contributed by atoms with van der Waals surface area (Å²) in [4.78, 5) is 2.49.